The smallest absolute Gasteiger partial charge is 0.255 e. The molecule has 2 rings (SSSR count). The van der Waals surface area contributed by atoms with Crippen molar-refractivity contribution in [2.75, 3.05) is 20.7 Å². The second-order valence-corrected chi connectivity index (χ2v) is 6.11. The molecule has 2 atom stereocenters. The molecule has 0 spiro atoms. The number of carbonyl (C=O) groups excluding carboxylic acids is 1. The predicted octanol–water partition coefficient (Wildman–Crippen LogP) is 2.66. The van der Waals surface area contributed by atoms with Gasteiger partial charge in [-0.15, -0.1) is 0 Å². The molecule has 1 aliphatic rings. The van der Waals surface area contributed by atoms with Crippen molar-refractivity contribution in [3.8, 4) is 5.75 Å². The van der Waals surface area contributed by atoms with Gasteiger partial charge in [0.15, 0.2) is 0 Å². The summed E-state index contributed by atoms with van der Waals surface area (Å²) in [5, 5.41) is 0. The highest BCUT2D eigenvalue weighted by Gasteiger charge is 2.32. The quantitative estimate of drug-likeness (QED) is 0.916. The van der Waals surface area contributed by atoms with Crippen molar-refractivity contribution in [2.24, 2.45) is 11.7 Å². The molecule has 0 bridgehead atoms. The van der Waals surface area contributed by atoms with Crippen molar-refractivity contribution in [1.29, 1.82) is 0 Å². The Labute approximate surface area is 128 Å². The lowest BCUT2D eigenvalue weighted by Crippen LogP contribution is -2.41. The summed E-state index contributed by atoms with van der Waals surface area (Å²) in [6.45, 7) is 0.640. The number of nitrogens with zero attached hydrogens (tertiary/aromatic N) is 1. The number of ether oxygens (including phenoxy) is 1. The molecule has 1 aromatic rings. The number of hydrogen-bond acceptors (Lipinski definition) is 3. The molecule has 5 heteroatoms. The molecular weight excluding hydrogens is 320 g/mol. The van der Waals surface area contributed by atoms with E-state index in [1.54, 1.807) is 13.2 Å². The summed E-state index contributed by atoms with van der Waals surface area (Å²) in [6, 6.07) is 5.69. The van der Waals surface area contributed by atoms with Gasteiger partial charge in [-0.05, 0) is 59.4 Å². The van der Waals surface area contributed by atoms with E-state index < -0.39 is 0 Å². The van der Waals surface area contributed by atoms with E-state index in [2.05, 4.69) is 15.9 Å². The number of methoxy groups -OCH3 is 1. The van der Waals surface area contributed by atoms with Crippen LogP contribution < -0.4 is 10.5 Å². The lowest BCUT2D eigenvalue weighted by atomic mass is 10.0. The Morgan fingerprint density at radius 3 is 2.90 bits per heavy atom. The Morgan fingerprint density at radius 2 is 2.25 bits per heavy atom. The molecule has 1 aromatic carbocycles. The van der Waals surface area contributed by atoms with Gasteiger partial charge in [0.1, 0.15) is 5.75 Å². The second-order valence-electron chi connectivity index (χ2n) is 5.26. The van der Waals surface area contributed by atoms with E-state index in [-0.39, 0.29) is 11.9 Å². The third-order valence-corrected chi connectivity index (χ3v) is 4.83. The van der Waals surface area contributed by atoms with E-state index in [4.69, 9.17) is 10.5 Å². The van der Waals surface area contributed by atoms with E-state index in [1.165, 1.54) is 0 Å². The first kappa shape index (κ1) is 15.3. The molecule has 0 saturated heterocycles. The fraction of sp³-hybridized carbons (Fsp3) is 0.533. The Kier molecular flexibility index (Phi) is 5.05. The molecular formula is C15H21BrN2O2. The van der Waals surface area contributed by atoms with Crippen LogP contribution in [-0.2, 0) is 0 Å². The lowest BCUT2D eigenvalue weighted by molar-refractivity contribution is 0.0698. The summed E-state index contributed by atoms with van der Waals surface area (Å²) in [4.78, 5) is 14.5. The van der Waals surface area contributed by atoms with Gasteiger partial charge in [-0.25, -0.2) is 0 Å². The zero-order chi connectivity index (χ0) is 14.7. The maximum atomic E-state index is 12.7. The van der Waals surface area contributed by atoms with Crippen molar-refractivity contribution in [2.45, 2.75) is 25.3 Å². The molecule has 1 fully saturated rings. The molecule has 0 radical (unpaired) electrons. The van der Waals surface area contributed by atoms with Crippen LogP contribution in [0.3, 0.4) is 0 Å². The zero-order valence-corrected chi connectivity index (χ0v) is 13.5. The standard InChI is InChI=1S/C15H21BrN2O2/c1-18(14-5-3-4-10(14)9-17)15(19)12-8-11(20-2)6-7-13(12)16/h6-8,10,14H,3-5,9,17H2,1-2H3. The monoisotopic (exact) mass is 340 g/mol. The number of hydrogen-bond donors (Lipinski definition) is 1. The summed E-state index contributed by atoms with van der Waals surface area (Å²) in [7, 11) is 3.47. The van der Waals surface area contributed by atoms with Gasteiger partial charge < -0.3 is 15.4 Å². The van der Waals surface area contributed by atoms with E-state index in [9.17, 15) is 4.79 Å². The minimum Gasteiger partial charge on any atom is -0.497 e. The van der Waals surface area contributed by atoms with Gasteiger partial charge >= 0.3 is 0 Å². The van der Waals surface area contributed by atoms with Crippen molar-refractivity contribution < 1.29 is 9.53 Å². The Morgan fingerprint density at radius 1 is 1.50 bits per heavy atom. The van der Waals surface area contributed by atoms with Crippen LogP contribution in [0.2, 0.25) is 0 Å². The molecule has 0 heterocycles. The van der Waals surface area contributed by atoms with Gasteiger partial charge in [0.25, 0.3) is 5.91 Å². The van der Waals surface area contributed by atoms with E-state index in [1.807, 2.05) is 24.1 Å². The van der Waals surface area contributed by atoms with E-state index in [0.717, 1.165) is 23.7 Å². The fourth-order valence-electron chi connectivity index (χ4n) is 2.94. The van der Waals surface area contributed by atoms with Crippen molar-refractivity contribution in [3.63, 3.8) is 0 Å². The highest BCUT2D eigenvalue weighted by molar-refractivity contribution is 9.10. The highest BCUT2D eigenvalue weighted by atomic mass is 79.9. The topological polar surface area (TPSA) is 55.6 Å². The predicted molar refractivity (Wildman–Crippen MR) is 83.0 cm³/mol. The Bertz CT molecular complexity index is 493. The molecule has 2 unspecified atom stereocenters. The van der Waals surface area contributed by atoms with Crippen molar-refractivity contribution >= 4 is 21.8 Å². The summed E-state index contributed by atoms with van der Waals surface area (Å²) in [6.07, 6.45) is 3.28. The van der Waals surface area contributed by atoms with Crippen molar-refractivity contribution in [1.82, 2.24) is 4.90 Å². The van der Waals surface area contributed by atoms with Crippen LogP contribution in [0.4, 0.5) is 0 Å². The molecule has 20 heavy (non-hydrogen) atoms. The van der Waals surface area contributed by atoms with Crippen LogP contribution in [-0.4, -0.2) is 37.6 Å². The molecule has 4 nitrogen and oxygen atoms in total. The minimum atomic E-state index is 0.0149. The van der Waals surface area contributed by atoms with Gasteiger partial charge in [0.05, 0.1) is 12.7 Å². The Hall–Kier alpha value is -1.07. The van der Waals surface area contributed by atoms with Crippen LogP contribution in [0.1, 0.15) is 29.6 Å². The van der Waals surface area contributed by atoms with Gasteiger partial charge in [-0.1, -0.05) is 6.42 Å². The first-order valence-electron chi connectivity index (χ1n) is 6.89. The lowest BCUT2D eigenvalue weighted by Gasteiger charge is -2.29. The van der Waals surface area contributed by atoms with Crippen LogP contribution >= 0.6 is 15.9 Å². The third-order valence-electron chi connectivity index (χ3n) is 4.14. The van der Waals surface area contributed by atoms with Gasteiger partial charge in [-0.3, -0.25) is 4.79 Å². The SMILES string of the molecule is COc1ccc(Br)c(C(=O)N(C)C2CCCC2CN)c1. The van der Waals surface area contributed by atoms with Crippen LogP contribution in [0.25, 0.3) is 0 Å². The van der Waals surface area contributed by atoms with E-state index >= 15 is 0 Å². The van der Waals surface area contributed by atoms with Crippen LogP contribution in [0.15, 0.2) is 22.7 Å². The van der Waals surface area contributed by atoms with Gasteiger partial charge in [0.2, 0.25) is 0 Å². The Balaban J connectivity index is 2.22. The largest absolute Gasteiger partial charge is 0.497 e. The van der Waals surface area contributed by atoms with Crippen LogP contribution in [0, 0.1) is 5.92 Å². The number of halogens is 1. The average Bonchev–Trinajstić information content (AvgIpc) is 2.94. The molecule has 0 aliphatic heterocycles. The van der Waals surface area contributed by atoms with Crippen molar-refractivity contribution in [3.05, 3.63) is 28.2 Å². The number of nitrogens with two attached hydrogens (primary N) is 1. The number of amides is 1. The molecule has 2 N–H and O–H groups in total. The number of rotatable bonds is 4. The second kappa shape index (κ2) is 6.59. The highest BCUT2D eigenvalue weighted by Crippen LogP contribution is 2.31. The molecule has 1 aliphatic carbocycles. The summed E-state index contributed by atoms with van der Waals surface area (Å²) in [5.41, 5.74) is 6.44. The maximum absolute atomic E-state index is 12.7. The third kappa shape index (κ3) is 2.99. The normalized spacial score (nSPS) is 21.8. The fourth-order valence-corrected chi connectivity index (χ4v) is 3.35. The average molecular weight is 341 g/mol. The summed E-state index contributed by atoms with van der Waals surface area (Å²) >= 11 is 3.44. The maximum Gasteiger partial charge on any atom is 0.255 e. The summed E-state index contributed by atoms with van der Waals surface area (Å²) < 4.78 is 5.99. The van der Waals surface area contributed by atoms with Gasteiger partial charge in [-0.2, -0.15) is 0 Å². The molecule has 110 valence electrons. The first-order chi connectivity index (χ1) is 9.58. The zero-order valence-electron chi connectivity index (χ0n) is 11.9. The summed E-state index contributed by atoms with van der Waals surface area (Å²) in [5.74, 6) is 1.11. The van der Waals surface area contributed by atoms with Crippen LogP contribution in [0.5, 0.6) is 5.75 Å². The van der Waals surface area contributed by atoms with E-state index in [0.29, 0.717) is 23.8 Å². The molecule has 1 amide bonds. The number of benzene rings is 1. The number of carbonyl (C=O) groups is 1. The first-order valence-corrected chi connectivity index (χ1v) is 7.68. The molecule has 0 aromatic heterocycles. The van der Waals surface area contributed by atoms with Gasteiger partial charge in [0, 0.05) is 17.6 Å². The molecule has 1 saturated carbocycles. The minimum absolute atomic E-state index is 0.0149.